The molecule has 2 aromatic rings. The highest BCUT2D eigenvalue weighted by atomic mass is 19.4. The van der Waals surface area contributed by atoms with E-state index in [1.165, 1.54) is 0 Å². The first-order valence-corrected chi connectivity index (χ1v) is 6.23. The van der Waals surface area contributed by atoms with E-state index in [-0.39, 0.29) is 12.2 Å². The summed E-state index contributed by atoms with van der Waals surface area (Å²) in [6.45, 7) is -0.0601. The molecular weight excluding hydrogens is 295 g/mol. The third-order valence-corrected chi connectivity index (χ3v) is 2.87. The lowest BCUT2D eigenvalue weighted by atomic mass is 10.1. The maximum Gasteiger partial charge on any atom is 0.416 e. The Balaban J connectivity index is 2.02. The van der Waals surface area contributed by atoms with Crippen LogP contribution in [0.4, 0.5) is 13.2 Å². The van der Waals surface area contributed by atoms with Crippen LogP contribution in [-0.2, 0) is 17.5 Å². The minimum Gasteiger partial charge on any atom is -0.457 e. The normalized spacial score (nSPS) is 10.8. The van der Waals surface area contributed by atoms with E-state index < -0.39 is 17.7 Å². The number of esters is 1. The number of hydrogen-bond acceptors (Lipinski definition) is 3. The Bertz CT molecular complexity index is 715. The molecule has 112 valence electrons. The van der Waals surface area contributed by atoms with Gasteiger partial charge in [0, 0.05) is 0 Å². The molecule has 0 aliphatic heterocycles. The molecular formula is C16H10F3NO2. The van der Waals surface area contributed by atoms with E-state index >= 15 is 0 Å². The summed E-state index contributed by atoms with van der Waals surface area (Å²) in [5, 5.41) is 8.76. The zero-order chi connectivity index (χ0) is 16.2. The Hall–Kier alpha value is -2.81. The van der Waals surface area contributed by atoms with Gasteiger partial charge in [0.15, 0.2) is 0 Å². The molecule has 0 saturated heterocycles. The third-order valence-electron chi connectivity index (χ3n) is 2.87. The summed E-state index contributed by atoms with van der Waals surface area (Å²) in [5.74, 6) is -0.726. The predicted molar refractivity (Wildman–Crippen MR) is 71.7 cm³/mol. The minimum absolute atomic E-state index is 0.0319. The first-order chi connectivity index (χ1) is 10.4. The molecule has 0 amide bonds. The Morgan fingerprint density at radius 1 is 1.14 bits per heavy atom. The van der Waals surface area contributed by atoms with Gasteiger partial charge < -0.3 is 4.74 Å². The van der Waals surface area contributed by atoms with Crippen LogP contribution in [-0.4, -0.2) is 5.97 Å². The summed E-state index contributed by atoms with van der Waals surface area (Å²) in [6.07, 6.45) is -4.44. The van der Waals surface area contributed by atoms with Gasteiger partial charge in [-0.15, -0.1) is 0 Å². The Morgan fingerprint density at radius 3 is 2.41 bits per heavy atom. The zero-order valence-electron chi connectivity index (χ0n) is 11.2. The van der Waals surface area contributed by atoms with Crippen LogP contribution < -0.4 is 0 Å². The predicted octanol–water partition coefficient (Wildman–Crippen LogP) is 3.93. The van der Waals surface area contributed by atoms with Gasteiger partial charge in [0.25, 0.3) is 0 Å². The Kier molecular flexibility index (Phi) is 4.47. The fourth-order valence-corrected chi connectivity index (χ4v) is 1.76. The molecule has 0 fully saturated rings. The number of ether oxygens (including phenoxy) is 1. The van der Waals surface area contributed by atoms with Crippen molar-refractivity contribution in [1.29, 1.82) is 5.26 Å². The van der Waals surface area contributed by atoms with Crippen molar-refractivity contribution in [2.75, 3.05) is 0 Å². The van der Waals surface area contributed by atoms with Crippen LogP contribution in [0.2, 0.25) is 0 Å². The van der Waals surface area contributed by atoms with Crippen LogP contribution in [0.3, 0.4) is 0 Å². The fourth-order valence-electron chi connectivity index (χ4n) is 1.76. The number of carbonyl (C=O) groups is 1. The molecule has 2 rings (SSSR count). The van der Waals surface area contributed by atoms with Crippen molar-refractivity contribution < 1.29 is 22.7 Å². The maximum atomic E-state index is 12.4. The van der Waals surface area contributed by atoms with E-state index in [0.29, 0.717) is 11.1 Å². The second-order valence-electron chi connectivity index (χ2n) is 4.46. The van der Waals surface area contributed by atoms with E-state index in [4.69, 9.17) is 10.00 Å². The number of nitriles is 1. The lowest BCUT2D eigenvalue weighted by molar-refractivity contribution is -0.137. The van der Waals surface area contributed by atoms with Gasteiger partial charge in [-0.3, -0.25) is 0 Å². The van der Waals surface area contributed by atoms with E-state index in [1.807, 2.05) is 6.07 Å². The Labute approximate surface area is 124 Å². The quantitative estimate of drug-likeness (QED) is 0.807. The van der Waals surface area contributed by atoms with Gasteiger partial charge in [-0.1, -0.05) is 12.1 Å². The van der Waals surface area contributed by atoms with Crippen LogP contribution >= 0.6 is 0 Å². The molecule has 0 radical (unpaired) electrons. The second kappa shape index (κ2) is 6.31. The van der Waals surface area contributed by atoms with Crippen LogP contribution in [0.1, 0.15) is 27.0 Å². The van der Waals surface area contributed by atoms with Crippen molar-refractivity contribution in [2.45, 2.75) is 12.8 Å². The average molecular weight is 305 g/mol. The number of halogens is 3. The number of nitrogens with zero attached hydrogens (tertiary/aromatic N) is 1. The summed E-state index contributed by atoms with van der Waals surface area (Å²) in [7, 11) is 0. The number of carbonyl (C=O) groups excluding carboxylic acids is 1. The summed E-state index contributed by atoms with van der Waals surface area (Å²) in [5.41, 5.74) is 0.262. The zero-order valence-corrected chi connectivity index (χ0v) is 11.2. The summed E-state index contributed by atoms with van der Waals surface area (Å²) >= 11 is 0. The van der Waals surface area contributed by atoms with E-state index in [9.17, 15) is 18.0 Å². The number of benzene rings is 2. The first kappa shape index (κ1) is 15.6. The monoisotopic (exact) mass is 305 g/mol. The molecule has 3 nitrogen and oxygen atoms in total. The smallest absolute Gasteiger partial charge is 0.416 e. The summed E-state index contributed by atoms with van der Waals surface area (Å²) in [6, 6.07) is 12.3. The maximum absolute atomic E-state index is 12.4. The standard InChI is InChI=1S/C16H10F3NO2/c17-16(18,19)14-6-4-13(5-7-14)15(21)22-10-12-3-1-2-11(8-12)9-20/h1-8H,10H2. The number of alkyl halides is 3. The van der Waals surface area contributed by atoms with Crippen molar-refractivity contribution in [1.82, 2.24) is 0 Å². The Morgan fingerprint density at radius 2 is 1.82 bits per heavy atom. The van der Waals surface area contributed by atoms with E-state index in [2.05, 4.69) is 0 Å². The molecule has 0 heterocycles. The number of hydrogen-bond donors (Lipinski definition) is 0. The van der Waals surface area contributed by atoms with Gasteiger partial charge in [0.05, 0.1) is 22.8 Å². The largest absolute Gasteiger partial charge is 0.457 e. The van der Waals surface area contributed by atoms with Crippen molar-refractivity contribution in [2.24, 2.45) is 0 Å². The van der Waals surface area contributed by atoms with Gasteiger partial charge in [-0.25, -0.2) is 4.79 Å². The van der Waals surface area contributed by atoms with Crippen LogP contribution in [0, 0.1) is 11.3 Å². The van der Waals surface area contributed by atoms with Gasteiger partial charge >= 0.3 is 12.1 Å². The van der Waals surface area contributed by atoms with Crippen molar-refractivity contribution in [3.8, 4) is 6.07 Å². The van der Waals surface area contributed by atoms with Gasteiger partial charge in [0.2, 0.25) is 0 Å². The summed E-state index contributed by atoms with van der Waals surface area (Å²) in [4.78, 5) is 11.8. The molecule has 0 bridgehead atoms. The van der Waals surface area contributed by atoms with Crippen molar-refractivity contribution in [3.05, 3.63) is 70.8 Å². The summed E-state index contributed by atoms with van der Waals surface area (Å²) < 4.78 is 42.3. The average Bonchev–Trinajstić information content (AvgIpc) is 2.52. The number of rotatable bonds is 3. The molecule has 6 heteroatoms. The van der Waals surface area contributed by atoms with Gasteiger partial charge in [-0.05, 0) is 42.0 Å². The molecule has 0 unspecified atom stereocenters. The van der Waals surface area contributed by atoms with Crippen LogP contribution in [0.15, 0.2) is 48.5 Å². The molecule has 0 saturated carbocycles. The molecule has 0 spiro atoms. The molecule has 22 heavy (non-hydrogen) atoms. The van der Waals surface area contributed by atoms with Gasteiger partial charge in [0.1, 0.15) is 6.61 Å². The third kappa shape index (κ3) is 3.85. The molecule has 0 atom stereocenters. The van der Waals surface area contributed by atoms with Crippen molar-refractivity contribution >= 4 is 5.97 Å². The molecule has 0 aliphatic rings. The molecule has 2 aromatic carbocycles. The highest BCUT2D eigenvalue weighted by Crippen LogP contribution is 2.29. The SMILES string of the molecule is N#Cc1cccc(COC(=O)c2ccc(C(F)(F)F)cc2)c1. The van der Waals surface area contributed by atoms with E-state index in [1.54, 1.807) is 24.3 Å². The lowest BCUT2D eigenvalue weighted by Crippen LogP contribution is -2.08. The van der Waals surface area contributed by atoms with E-state index in [0.717, 1.165) is 24.3 Å². The second-order valence-corrected chi connectivity index (χ2v) is 4.46. The topological polar surface area (TPSA) is 50.1 Å². The lowest BCUT2D eigenvalue weighted by Gasteiger charge is -2.08. The van der Waals surface area contributed by atoms with Crippen molar-refractivity contribution in [3.63, 3.8) is 0 Å². The highest BCUT2D eigenvalue weighted by Gasteiger charge is 2.30. The minimum atomic E-state index is -4.44. The molecule has 0 aromatic heterocycles. The van der Waals surface area contributed by atoms with Crippen LogP contribution in [0.25, 0.3) is 0 Å². The molecule has 0 aliphatic carbocycles. The highest BCUT2D eigenvalue weighted by molar-refractivity contribution is 5.89. The first-order valence-electron chi connectivity index (χ1n) is 6.23. The fraction of sp³-hybridized carbons (Fsp3) is 0.125. The molecule has 0 N–H and O–H groups in total. The van der Waals surface area contributed by atoms with Gasteiger partial charge in [-0.2, -0.15) is 18.4 Å². The van der Waals surface area contributed by atoms with Crippen LogP contribution in [0.5, 0.6) is 0 Å².